The first-order valence-electron chi connectivity index (χ1n) is 6.75. The van der Waals surface area contributed by atoms with Crippen molar-refractivity contribution in [1.82, 2.24) is 9.88 Å². The van der Waals surface area contributed by atoms with Gasteiger partial charge in [-0.25, -0.2) is 0 Å². The first kappa shape index (κ1) is 14.0. The third kappa shape index (κ3) is 3.21. The smallest absolute Gasteiger partial charge is 0.264 e. The lowest BCUT2D eigenvalue weighted by Crippen LogP contribution is -2.30. The summed E-state index contributed by atoms with van der Waals surface area (Å²) < 4.78 is 18.7. The van der Waals surface area contributed by atoms with Crippen LogP contribution in [-0.4, -0.2) is 35.0 Å². The Labute approximate surface area is 126 Å². The SMILES string of the molecule is Cc1csc(C(=O)N2CCC(Oc3cccc(F)n3)C2)c1. The molecule has 2 aromatic heterocycles. The molecule has 0 bridgehead atoms. The third-order valence-corrected chi connectivity index (χ3v) is 4.39. The highest BCUT2D eigenvalue weighted by molar-refractivity contribution is 7.12. The Morgan fingerprint density at radius 3 is 3.10 bits per heavy atom. The molecule has 110 valence electrons. The van der Waals surface area contributed by atoms with Gasteiger partial charge < -0.3 is 9.64 Å². The standard InChI is InChI=1S/C15H15FN2O2S/c1-10-7-12(21-9-10)15(19)18-6-5-11(8-18)20-14-4-2-3-13(16)17-14/h2-4,7,9,11H,5-6,8H2,1H3. The summed E-state index contributed by atoms with van der Waals surface area (Å²) in [5.74, 6) is -0.264. The number of amides is 1. The highest BCUT2D eigenvalue weighted by Crippen LogP contribution is 2.21. The monoisotopic (exact) mass is 306 g/mol. The Kier molecular flexibility index (Phi) is 3.88. The number of carbonyl (C=O) groups excluding carboxylic acids is 1. The molecule has 1 aliphatic rings. The van der Waals surface area contributed by atoms with Gasteiger partial charge in [0.15, 0.2) is 0 Å². The van der Waals surface area contributed by atoms with E-state index in [1.54, 1.807) is 17.0 Å². The highest BCUT2D eigenvalue weighted by atomic mass is 32.1. The van der Waals surface area contributed by atoms with Crippen LogP contribution in [0.5, 0.6) is 5.88 Å². The average molecular weight is 306 g/mol. The summed E-state index contributed by atoms with van der Waals surface area (Å²) in [5.41, 5.74) is 1.10. The van der Waals surface area contributed by atoms with E-state index in [1.807, 2.05) is 18.4 Å². The summed E-state index contributed by atoms with van der Waals surface area (Å²) in [6.07, 6.45) is 0.596. The average Bonchev–Trinajstić information content (AvgIpc) is 3.07. The van der Waals surface area contributed by atoms with E-state index < -0.39 is 5.95 Å². The van der Waals surface area contributed by atoms with Crippen LogP contribution in [-0.2, 0) is 0 Å². The van der Waals surface area contributed by atoms with Gasteiger partial charge in [-0.05, 0) is 30.0 Å². The number of hydrogen-bond donors (Lipinski definition) is 0. The number of thiophene rings is 1. The minimum Gasteiger partial charge on any atom is -0.472 e. The van der Waals surface area contributed by atoms with Crippen LogP contribution < -0.4 is 4.74 Å². The number of halogens is 1. The van der Waals surface area contributed by atoms with Crippen LogP contribution in [0.4, 0.5) is 4.39 Å². The molecule has 1 atom stereocenters. The number of rotatable bonds is 3. The summed E-state index contributed by atoms with van der Waals surface area (Å²) >= 11 is 1.46. The zero-order valence-electron chi connectivity index (χ0n) is 11.6. The highest BCUT2D eigenvalue weighted by Gasteiger charge is 2.29. The first-order chi connectivity index (χ1) is 10.1. The molecule has 0 spiro atoms. The number of hydrogen-bond acceptors (Lipinski definition) is 4. The number of aryl methyl sites for hydroxylation is 1. The van der Waals surface area contributed by atoms with Crippen LogP contribution in [0.3, 0.4) is 0 Å². The van der Waals surface area contributed by atoms with Crippen LogP contribution >= 0.6 is 11.3 Å². The van der Waals surface area contributed by atoms with Gasteiger partial charge in [0, 0.05) is 19.0 Å². The number of ether oxygens (including phenoxy) is 1. The molecule has 21 heavy (non-hydrogen) atoms. The molecule has 3 rings (SSSR count). The van der Waals surface area contributed by atoms with E-state index in [0.717, 1.165) is 16.9 Å². The van der Waals surface area contributed by atoms with Gasteiger partial charge in [-0.3, -0.25) is 4.79 Å². The Balaban J connectivity index is 1.61. The van der Waals surface area contributed by atoms with Crippen molar-refractivity contribution in [2.45, 2.75) is 19.4 Å². The van der Waals surface area contributed by atoms with E-state index >= 15 is 0 Å². The van der Waals surface area contributed by atoms with Crippen molar-refractivity contribution in [3.8, 4) is 5.88 Å². The van der Waals surface area contributed by atoms with Gasteiger partial charge in [0.05, 0.1) is 11.4 Å². The molecule has 1 amide bonds. The van der Waals surface area contributed by atoms with E-state index in [0.29, 0.717) is 13.1 Å². The molecule has 0 N–H and O–H groups in total. The van der Waals surface area contributed by atoms with Crippen molar-refractivity contribution in [3.05, 3.63) is 46.0 Å². The zero-order chi connectivity index (χ0) is 14.8. The molecule has 0 aromatic carbocycles. The molecule has 1 saturated heterocycles. The van der Waals surface area contributed by atoms with E-state index in [2.05, 4.69) is 4.98 Å². The van der Waals surface area contributed by atoms with Crippen LogP contribution in [0, 0.1) is 12.9 Å². The van der Waals surface area contributed by atoms with E-state index in [4.69, 9.17) is 4.74 Å². The van der Waals surface area contributed by atoms with Gasteiger partial charge in [-0.2, -0.15) is 9.37 Å². The van der Waals surface area contributed by atoms with Crippen molar-refractivity contribution in [2.24, 2.45) is 0 Å². The largest absolute Gasteiger partial charge is 0.472 e. The second kappa shape index (κ2) is 5.81. The predicted octanol–water partition coefficient (Wildman–Crippen LogP) is 2.88. The van der Waals surface area contributed by atoms with Crippen LogP contribution in [0.25, 0.3) is 0 Å². The lowest BCUT2D eigenvalue weighted by atomic mass is 10.3. The lowest BCUT2D eigenvalue weighted by Gasteiger charge is -2.16. The molecule has 1 fully saturated rings. The number of aromatic nitrogens is 1. The number of pyridine rings is 1. The van der Waals surface area contributed by atoms with Crippen molar-refractivity contribution in [1.29, 1.82) is 0 Å². The van der Waals surface area contributed by atoms with Gasteiger partial charge in [0.2, 0.25) is 11.8 Å². The molecule has 0 saturated carbocycles. The molecule has 0 radical (unpaired) electrons. The van der Waals surface area contributed by atoms with Crippen molar-refractivity contribution < 1.29 is 13.9 Å². The van der Waals surface area contributed by atoms with E-state index in [1.165, 1.54) is 17.4 Å². The number of carbonyl (C=O) groups is 1. The van der Waals surface area contributed by atoms with E-state index in [-0.39, 0.29) is 17.9 Å². The fourth-order valence-corrected chi connectivity index (χ4v) is 3.20. The fourth-order valence-electron chi connectivity index (χ4n) is 2.33. The number of likely N-dealkylation sites (tertiary alicyclic amines) is 1. The third-order valence-electron chi connectivity index (χ3n) is 3.35. The van der Waals surface area contributed by atoms with Crippen LogP contribution in [0.1, 0.15) is 21.7 Å². The van der Waals surface area contributed by atoms with Gasteiger partial charge in [0.25, 0.3) is 5.91 Å². The predicted molar refractivity (Wildman–Crippen MR) is 78.2 cm³/mol. The van der Waals surface area contributed by atoms with Gasteiger partial charge in [0.1, 0.15) is 6.10 Å². The summed E-state index contributed by atoms with van der Waals surface area (Å²) in [4.78, 5) is 18.5. The lowest BCUT2D eigenvalue weighted by molar-refractivity contribution is 0.0775. The molecule has 4 nitrogen and oxygen atoms in total. The molecule has 2 aromatic rings. The molecular weight excluding hydrogens is 291 g/mol. The molecule has 6 heteroatoms. The van der Waals surface area contributed by atoms with Crippen LogP contribution in [0.15, 0.2) is 29.6 Å². The number of nitrogens with zero attached hydrogens (tertiary/aromatic N) is 2. The summed E-state index contributed by atoms with van der Waals surface area (Å²) in [6.45, 7) is 3.13. The summed E-state index contributed by atoms with van der Waals surface area (Å²) in [5, 5.41) is 1.97. The summed E-state index contributed by atoms with van der Waals surface area (Å²) in [7, 11) is 0. The second-order valence-corrected chi connectivity index (χ2v) is 5.98. The summed E-state index contributed by atoms with van der Waals surface area (Å²) in [6, 6.07) is 6.35. The topological polar surface area (TPSA) is 42.4 Å². The molecule has 0 aliphatic carbocycles. The molecule has 1 unspecified atom stereocenters. The minimum absolute atomic E-state index is 0.0337. The Morgan fingerprint density at radius 2 is 2.38 bits per heavy atom. The Hall–Kier alpha value is -1.95. The zero-order valence-corrected chi connectivity index (χ0v) is 12.4. The van der Waals surface area contributed by atoms with E-state index in [9.17, 15) is 9.18 Å². The van der Waals surface area contributed by atoms with Gasteiger partial charge in [-0.15, -0.1) is 11.3 Å². The quantitative estimate of drug-likeness (QED) is 0.819. The molecule has 1 aliphatic heterocycles. The van der Waals surface area contributed by atoms with Gasteiger partial charge in [-0.1, -0.05) is 6.07 Å². The maximum absolute atomic E-state index is 13.0. The molecule has 3 heterocycles. The van der Waals surface area contributed by atoms with Crippen LogP contribution in [0.2, 0.25) is 0 Å². The Bertz CT molecular complexity index is 659. The maximum atomic E-state index is 13.0. The van der Waals surface area contributed by atoms with Gasteiger partial charge >= 0.3 is 0 Å². The maximum Gasteiger partial charge on any atom is 0.264 e. The fraction of sp³-hybridized carbons (Fsp3) is 0.333. The minimum atomic E-state index is -0.563. The van der Waals surface area contributed by atoms with Crippen molar-refractivity contribution >= 4 is 17.2 Å². The first-order valence-corrected chi connectivity index (χ1v) is 7.63. The second-order valence-electron chi connectivity index (χ2n) is 5.07. The molecular formula is C15H15FN2O2S. The Morgan fingerprint density at radius 1 is 1.52 bits per heavy atom. The van der Waals surface area contributed by atoms with Crippen molar-refractivity contribution in [2.75, 3.05) is 13.1 Å². The van der Waals surface area contributed by atoms with Crippen molar-refractivity contribution in [3.63, 3.8) is 0 Å². The normalized spacial score (nSPS) is 18.0.